The minimum absolute atomic E-state index is 0.0656. The van der Waals surface area contributed by atoms with E-state index in [2.05, 4.69) is 33.2 Å². The van der Waals surface area contributed by atoms with E-state index in [1.165, 1.54) is 16.5 Å². The van der Waals surface area contributed by atoms with E-state index in [4.69, 9.17) is 4.98 Å². The molecule has 0 spiro atoms. The molecule has 2 saturated heterocycles. The van der Waals surface area contributed by atoms with Gasteiger partial charge in [-0.1, -0.05) is 6.07 Å². The number of carboxylic acid groups (broad SMARTS) is 1. The number of hydrogen-bond acceptors (Lipinski definition) is 7. The lowest BCUT2D eigenvalue weighted by Gasteiger charge is -2.39. The molecule has 0 radical (unpaired) electrons. The van der Waals surface area contributed by atoms with Gasteiger partial charge >= 0.3 is 5.97 Å². The topological polar surface area (TPSA) is 130 Å². The second-order valence-corrected chi connectivity index (χ2v) is 11.2. The highest BCUT2D eigenvalue weighted by Gasteiger charge is 2.38. The highest BCUT2D eigenvalue weighted by molar-refractivity contribution is 6.19. The zero-order valence-electron chi connectivity index (χ0n) is 23.1. The third kappa shape index (κ3) is 3.75. The number of halogens is 1. The fourth-order valence-electron chi connectivity index (χ4n) is 6.90. The average molecular weight is 566 g/mol. The number of anilines is 2. The van der Waals surface area contributed by atoms with Crippen LogP contribution in [0.3, 0.4) is 0 Å². The fraction of sp³-hybridized carbons (Fsp3) is 0.290. The van der Waals surface area contributed by atoms with Crippen molar-refractivity contribution in [2.45, 2.75) is 18.9 Å². The van der Waals surface area contributed by atoms with Gasteiger partial charge in [-0.3, -0.25) is 9.20 Å². The average Bonchev–Trinajstić information content (AvgIpc) is 3.56. The molecule has 1 aromatic carbocycles. The van der Waals surface area contributed by atoms with Gasteiger partial charge in [-0.25, -0.2) is 14.2 Å². The van der Waals surface area contributed by atoms with Crippen LogP contribution in [0, 0.1) is 23.1 Å². The van der Waals surface area contributed by atoms with E-state index in [0.717, 1.165) is 38.2 Å². The molecule has 0 unspecified atom stereocenters. The minimum Gasteiger partial charge on any atom is -0.477 e. The number of likely N-dealkylation sites (tertiary alicyclic amines) is 1. The number of pyridine rings is 3. The summed E-state index contributed by atoms with van der Waals surface area (Å²) in [7, 11) is 3.84. The van der Waals surface area contributed by atoms with Crippen molar-refractivity contribution >= 4 is 44.8 Å². The quantitative estimate of drug-likeness (QED) is 0.295. The molecule has 212 valence electrons. The smallest absolute Gasteiger partial charge is 0.341 e. The highest BCUT2D eigenvalue weighted by Crippen LogP contribution is 2.45. The number of aromatic carboxylic acids is 1. The number of aromatic amines is 1. The molecule has 11 heteroatoms. The lowest BCUT2D eigenvalue weighted by atomic mass is 9.90. The third-order valence-corrected chi connectivity index (χ3v) is 9.05. The van der Waals surface area contributed by atoms with Gasteiger partial charge in [0, 0.05) is 66.7 Å². The number of benzene rings is 1. The van der Waals surface area contributed by atoms with E-state index in [1.54, 1.807) is 31.6 Å². The summed E-state index contributed by atoms with van der Waals surface area (Å²) >= 11 is 0. The van der Waals surface area contributed by atoms with Gasteiger partial charge in [0.25, 0.3) is 5.56 Å². The van der Waals surface area contributed by atoms with Gasteiger partial charge in [0.05, 0.1) is 27.8 Å². The molecule has 0 aliphatic carbocycles. The van der Waals surface area contributed by atoms with Gasteiger partial charge < -0.3 is 25.2 Å². The van der Waals surface area contributed by atoms with Crippen LogP contribution in [0.1, 0.15) is 28.8 Å². The maximum atomic E-state index is 15.3. The van der Waals surface area contributed by atoms with Crippen molar-refractivity contribution in [1.29, 1.82) is 5.26 Å². The zero-order chi connectivity index (χ0) is 29.3. The van der Waals surface area contributed by atoms with Crippen molar-refractivity contribution in [2.24, 2.45) is 5.92 Å². The zero-order valence-corrected chi connectivity index (χ0v) is 23.1. The second kappa shape index (κ2) is 9.56. The van der Waals surface area contributed by atoms with Crippen LogP contribution in [-0.4, -0.2) is 70.1 Å². The Balaban J connectivity index is 1.55. The first-order valence-corrected chi connectivity index (χ1v) is 13.9. The standard InChI is InChI=1S/C31H28FN7O3/c1-34-23-11-22(32)20(12-33)25-26-28(38-10-8-16-7-9-37(2)24(16)15-38)21(13-35-29(26)36-27(23)25)17-3-4-18-5-6-19(31(41)42)30(40)39(18)14-17/h3-6,11,13-14,16,24,34H,7-10,15H2,1-2H3,(H,35,36)(H,41,42)/t16-,24+/m0/s1. The summed E-state index contributed by atoms with van der Waals surface area (Å²) in [6.45, 7) is 2.54. The number of nitrogens with zero attached hydrogens (tertiary/aromatic N) is 5. The molecule has 42 heavy (non-hydrogen) atoms. The highest BCUT2D eigenvalue weighted by atomic mass is 19.1. The monoisotopic (exact) mass is 565 g/mol. The predicted octanol–water partition coefficient (Wildman–Crippen LogP) is 4.28. The van der Waals surface area contributed by atoms with Crippen LogP contribution in [0.25, 0.3) is 38.6 Å². The molecule has 6 heterocycles. The predicted molar refractivity (Wildman–Crippen MR) is 159 cm³/mol. The van der Waals surface area contributed by atoms with E-state index in [1.807, 2.05) is 6.07 Å². The van der Waals surface area contributed by atoms with Crippen molar-refractivity contribution in [1.82, 2.24) is 19.3 Å². The molecule has 4 aromatic heterocycles. The molecule has 10 nitrogen and oxygen atoms in total. The van der Waals surface area contributed by atoms with Crippen LogP contribution >= 0.6 is 0 Å². The SMILES string of the molecule is CNc1cc(F)c(C#N)c2c1[nH]c1ncc(-c3ccc4ccc(C(=O)O)c(=O)n4c3)c(N3CC[C@@H]4CCN(C)[C@@H]4C3)c12. The Morgan fingerprint density at radius 1 is 1.21 bits per heavy atom. The summed E-state index contributed by atoms with van der Waals surface area (Å²) in [6, 6.07) is 10.3. The van der Waals surface area contributed by atoms with Gasteiger partial charge in [-0.05, 0) is 50.6 Å². The van der Waals surface area contributed by atoms with E-state index in [9.17, 15) is 20.0 Å². The summed E-state index contributed by atoms with van der Waals surface area (Å²) < 4.78 is 16.6. The summed E-state index contributed by atoms with van der Waals surface area (Å²) in [5.74, 6) is -1.33. The number of H-pyrrole nitrogens is 1. The number of piperidine rings is 1. The van der Waals surface area contributed by atoms with Crippen LogP contribution in [-0.2, 0) is 0 Å². The summed E-state index contributed by atoms with van der Waals surface area (Å²) in [5.41, 5.74) is 3.31. The molecule has 0 bridgehead atoms. The molecule has 0 amide bonds. The summed E-state index contributed by atoms with van der Waals surface area (Å²) in [5, 5.41) is 23.7. The fourth-order valence-corrected chi connectivity index (χ4v) is 6.90. The normalized spacial score (nSPS) is 19.0. The van der Waals surface area contributed by atoms with Gasteiger partial charge in [0.1, 0.15) is 23.1 Å². The first-order chi connectivity index (χ1) is 20.3. The summed E-state index contributed by atoms with van der Waals surface area (Å²) in [4.78, 5) is 37.5. The molecule has 2 atom stereocenters. The van der Waals surface area contributed by atoms with Crippen LogP contribution in [0.5, 0.6) is 0 Å². The first-order valence-electron chi connectivity index (χ1n) is 13.9. The Labute approximate surface area is 239 Å². The molecule has 2 aliphatic rings. The van der Waals surface area contributed by atoms with Crippen LogP contribution in [0.4, 0.5) is 15.8 Å². The maximum absolute atomic E-state index is 15.3. The molecule has 3 N–H and O–H groups in total. The van der Waals surface area contributed by atoms with Crippen LogP contribution < -0.4 is 15.8 Å². The number of likely N-dealkylation sites (N-methyl/N-ethyl adjacent to an activating group) is 1. The molecule has 5 aromatic rings. The number of fused-ring (bicyclic) bond motifs is 5. The van der Waals surface area contributed by atoms with Gasteiger partial charge in [0.15, 0.2) is 0 Å². The van der Waals surface area contributed by atoms with Crippen molar-refractivity contribution < 1.29 is 14.3 Å². The lowest BCUT2D eigenvalue weighted by molar-refractivity contribution is 0.0694. The Hall–Kier alpha value is -4.95. The van der Waals surface area contributed by atoms with E-state index in [0.29, 0.717) is 56.2 Å². The number of nitriles is 1. The Morgan fingerprint density at radius 2 is 2.00 bits per heavy atom. The molecular weight excluding hydrogens is 537 g/mol. The van der Waals surface area contributed by atoms with Crippen molar-refractivity contribution in [3.63, 3.8) is 0 Å². The van der Waals surface area contributed by atoms with Crippen molar-refractivity contribution in [3.8, 4) is 17.2 Å². The molecule has 2 aliphatic heterocycles. The van der Waals surface area contributed by atoms with Gasteiger partial charge in [0.2, 0.25) is 0 Å². The number of aromatic nitrogens is 3. The molecular formula is C31H28FN7O3. The number of carbonyl (C=O) groups is 1. The Morgan fingerprint density at radius 3 is 2.76 bits per heavy atom. The van der Waals surface area contributed by atoms with Crippen LogP contribution in [0.15, 0.2) is 47.5 Å². The van der Waals surface area contributed by atoms with E-state index >= 15 is 4.39 Å². The van der Waals surface area contributed by atoms with Crippen LogP contribution in [0.2, 0.25) is 0 Å². The Kier molecular flexibility index (Phi) is 5.92. The van der Waals surface area contributed by atoms with E-state index in [-0.39, 0.29) is 11.1 Å². The molecule has 0 saturated carbocycles. The minimum atomic E-state index is -1.29. The van der Waals surface area contributed by atoms with Crippen molar-refractivity contribution in [2.75, 3.05) is 43.9 Å². The van der Waals surface area contributed by atoms with Gasteiger partial charge in [-0.15, -0.1) is 0 Å². The summed E-state index contributed by atoms with van der Waals surface area (Å²) in [6.07, 6.45) is 5.49. The Bertz CT molecular complexity index is 2040. The number of nitrogens with one attached hydrogen (secondary N) is 2. The van der Waals surface area contributed by atoms with Crippen molar-refractivity contribution in [3.05, 3.63) is 70.0 Å². The second-order valence-electron chi connectivity index (χ2n) is 11.2. The first kappa shape index (κ1) is 26.0. The third-order valence-electron chi connectivity index (χ3n) is 9.05. The maximum Gasteiger partial charge on any atom is 0.341 e. The van der Waals surface area contributed by atoms with Gasteiger partial charge in [-0.2, -0.15) is 5.26 Å². The number of carboxylic acids is 1. The number of hydrogen-bond donors (Lipinski definition) is 3. The van der Waals surface area contributed by atoms with E-state index < -0.39 is 17.3 Å². The number of rotatable bonds is 4. The molecule has 7 rings (SSSR count). The molecule has 2 fully saturated rings. The largest absolute Gasteiger partial charge is 0.477 e. The lowest BCUT2D eigenvalue weighted by Crippen LogP contribution is -2.47.